The molecule has 2 N–H and O–H groups in total. The van der Waals surface area contributed by atoms with E-state index in [1.807, 2.05) is 49.5 Å². The lowest BCUT2D eigenvalue weighted by Crippen LogP contribution is -2.22. The van der Waals surface area contributed by atoms with Crippen molar-refractivity contribution in [2.24, 2.45) is 0 Å². The minimum Gasteiger partial charge on any atom is -0.485 e. The number of ketones is 1. The molecule has 1 aliphatic rings. The van der Waals surface area contributed by atoms with Gasteiger partial charge in [-0.1, -0.05) is 30.3 Å². The van der Waals surface area contributed by atoms with E-state index in [1.165, 1.54) is 0 Å². The van der Waals surface area contributed by atoms with Crippen LogP contribution in [0, 0.1) is 0 Å². The fourth-order valence-corrected chi connectivity index (χ4v) is 4.88. The number of nitrogens with one attached hydrogen (secondary N) is 1. The highest BCUT2D eigenvalue weighted by Crippen LogP contribution is 2.36. The molecule has 0 bridgehead atoms. The number of benzene rings is 3. The van der Waals surface area contributed by atoms with Gasteiger partial charge in [0.1, 0.15) is 17.7 Å². The van der Waals surface area contributed by atoms with Gasteiger partial charge in [0.15, 0.2) is 5.78 Å². The van der Waals surface area contributed by atoms with Gasteiger partial charge in [0.2, 0.25) is 0 Å². The van der Waals surface area contributed by atoms with Crippen molar-refractivity contribution in [2.75, 3.05) is 11.9 Å². The van der Waals surface area contributed by atoms with Gasteiger partial charge in [0, 0.05) is 55.6 Å². The molecule has 0 spiro atoms. The Balaban J connectivity index is 1.51. The van der Waals surface area contributed by atoms with Crippen LogP contribution in [-0.2, 0) is 19.4 Å². The van der Waals surface area contributed by atoms with Crippen LogP contribution in [0.1, 0.15) is 62.2 Å². The quantitative estimate of drug-likeness (QED) is 0.313. The Bertz CT molecular complexity index is 1380. The zero-order valence-electron chi connectivity index (χ0n) is 20.7. The molecule has 0 saturated heterocycles. The Hall–Kier alpha value is -4.39. The number of fused-ring (bicyclic) bond motifs is 1. The molecule has 1 aromatic heterocycles. The number of anilines is 1. The zero-order chi connectivity index (χ0) is 25.8. The fraction of sp³-hybridized carbons (Fsp3) is 0.233. The summed E-state index contributed by atoms with van der Waals surface area (Å²) in [5, 5.41) is 9.24. The van der Waals surface area contributed by atoms with Crippen molar-refractivity contribution >= 4 is 17.4 Å². The largest absolute Gasteiger partial charge is 0.485 e. The monoisotopic (exact) mass is 495 g/mol. The van der Waals surface area contributed by atoms with E-state index in [0.717, 1.165) is 52.4 Å². The van der Waals surface area contributed by atoms with E-state index in [2.05, 4.69) is 14.9 Å². The number of rotatable bonds is 9. The number of imidazole rings is 1. The van der Waals surface area contributed by atoms with Crippen molar-refractivity contribution in [1.29, 1.82) is 0 Å². The number of ether oxygens (including phenoxy) is 1. The standard InChI is InChI=1S/C30H29N3O4/c1-33(22-12-10-21(11-13-22)30(35)36)19-25-23-8-5-9-26(34)24(23)14-15-27(25)37-28(18-29-31-16-17-32-29)20-6-3-2-4-7-20/h2-4,6-7,10-17,28H,5,8-9,18-19H2,1H3,(H,31,32)(H,35,36)/t28-/m0/s1. The van der Waals surface area contributed by atoms with Gasteiger partial charge in [-0.15, -0.1) is 0 Å². The van der Waals surface area contributed by atoms with E-state index in [1.54, 1.807) is 36.7 Å². The molecule has 1 heterocycles. The smallest absolute Gasteiger partial charge is 0.335 e. The van der Waals surface area contributed by atoms with Gasteiger partial charge in [-0.3, -0.25) is 4.79 Å². The molecule has 3 aromatic carbocycles. The topological polar surface area (TPSA) is 95.5 Å². The van der Waals surface area contributed by atoms with Gasteiger partial charge in [-0.25, -0.2) is 9.78 Å². The Morgan fingerprint density at radius 3 is 2.57 bits per heavy atom. The normalized spacial score (nSPS) is 13.6. The molecule has 0 unspecified atom stereocenters. The van der Waals surface area contributed by atoms with Crippen LogP contribution in [0.2, 0.25) is 0 Å². The molecule has 1 aliphatic carbocycles. The average Bonchev–Trinajstić information content (AvgIpc) is 3.43. The van der Waals surface area contributed by atoms with E-state index >= 15 is 0 Å². The highest BCUT2D eigenvalue weighted by Gasteiger charge is 2.25. The second-order valence-electron chi connectivity index (χ2n) is 9.31. The second kappa shape index (κ2) is 10.7. The first-order chi connectivity index (χ1) is 18.0. The molecule has 0 amide bonds. The summed E-state index contributed by atoms with van der Waals surface area (Å²) < 4.78 is 6.72. The molecule has 1 atom stereocenters. The van der Waals surface area contributed by atoms with Crippen molar-refractivity contribution in [3.63, 3.8) is 0 Å². The second-order valence-corrected chi connectivity index (χ2v) is 9.31. The molecule has 5 rings (SSSR count). The SMILES string of the molecule is CN(Cc1c(O[C@@H](Cc2ncc[nH]2)c2ccccc2)ccc2c1CCCC2=O)c1ccc(C(=O)O)cc1. The average molecular weight is 496 g/mol. The number of carboxylic acids is 1. The van der Waals surface area contributed by atoms with E-state index in [-0.39, 0.29) is 17.5 Å². The molecule has 0 aliphatic heterocycles. The molecule has 37 heavy (non-hydrogen) atoms. The lowest BCUT2D eigenvalue weighted by Gasteiger charge is -2.28. The summed E-state index contributed by atoms with van der Waals surface area (Å²) in [6.45, 7) is 0.514. The summed E-state index contributed by atoms with van der Waals surface area (Å²) in [4.78, 5) is 33.6. The fourth-order valence-electron chi connectivity index (χ4n) is 4.88. The summed E-state index contributed by atoms with van der Waals surface area (Å²) in [7, 11) is 1.96. The third kappa shape index (κ3) is 5.40. The Morgan fingerprint density at radius 1 is 1.08 bits per heavy atom. The molecule has 7 nitrogen and oxygen atoms in total. The molecule has 7 heteroatoms. The van der Waals surface area contributed by atoms with Crippen molar-refractivity contribution in [3.8, 4) is 5.75 Å². The predicted molar refractivity (Wildman–Crippen MR) is 141 cm³/mol. The number of aromatic amines is 1. The van der Waals surface area contributed by atoms with Gasteiger partial charge in [-0.2, -0.15) is 0 Å². The minimum atomic E-state index is -0.955. The number of aromatic nitrogens is 2. The first-order valence-corrected chi connectivity index (χ1v) is 12.4. The number of nitrogens with zero attached hydrogens (tertiary/aromatic N) is 2. The van der Waals surface area contributed by atoms with Gasteiger partial charge in [-0.05, 0) is 60.4 Å². The maximum atomic E-state index is 12.7. The van der Waals surface area contributed by atoms with E-state index in [0.29, 0.717) is 19.4 Å². The first kappa shape index (κ1) is 24.3. The van der Waals surface area contributed by atoms with Crippen LogP contribution in [0.15, 0.2) is 79.1 Å². The number of hydrogen-bond donors (Lipinski definition) is 2. The summed E-state index contributed by atoms with van der Waals surface area (Å²) in [5.41, 5.74) is 4.95. The van der Waals surface area contributed by atoms with E-state index in [4.69, 9.17) is 4.74 Å². The highest BCUT2D eigenvalue weighted by atomic mass is 16.5. The Morgan fingerprint density at radius 2 is 1.86 bits per heavy atom. The molecule has 188 valence electrons. The molecule has 4 aromatic rings. The van der Waals surface area contributed by atoms with E-state index in [9.17, 15) is 14.7 Å². The summed E-state index contributed by atoms with van der Waals surface area (Å²) in [5.74, 6) is 0.781. The molecular weight excluding hydrogens is 466 g/mol. The van der Waals surface area contributed by atoms with Crippen LogP contribution in [0.5, 0.6) is 5.75 Å². The number of H-pyrrole nitrogens is 1. The Kier molecular flexibility index (Phi) is 7.03. The summed E-state index contributed by atoms with van der Waals surface area (Å²) >= 11 is 0. The predicted octanol–water partition coefficient (Wildman–Crippen LogP) is 5.63. The van der Waals surface area contributed by atoms with Crippen LogP contribution in [0.4, 0.5) is 5.69 Å². The van der Waals surface area contributed by atoms with Crippen LogP contribution in [-0.4, -0.2) is 33.9 Å². The summed E-state index contributed by atoms with van der Waals surface area (Å²) in [6, 6.07) is 20.7. The third-order valence-corrected chi connectivity index (χ3v) is 6.84. The zero-order valence-corrected chi connectivity index (χ0v) is 20.7. The highest BCUT2D eigenvalue weighted by molar-refractivity contribution is 5.99. The number of carbonyl (C=O) groups is 2. The number of Topliss-reactive ketones (excluding diaryl/α,β-unsaturated/α-hetero) is 1. The lowest BCUT2D eigenvalue weighted by molar-refractivity contribution is 0.0696. The molecule has 0 saturated carbocycles. The van der Waals surface area contributed by atoms with Crippen molar-refractivity contribution in [3.05, 3.63) is 113 Å². The maximum absolute atomic E-state index is 12.7. The number of carboxylic acid groups (broad SMARTS) is 1. The molecule has 0 fully saturated rings. The summed E-state index contributed by atoms with van der Waals surface area (Å²) in [6.07, 6.45) is 6.02. The third-order valence-electron chi connectivity index (χ3n) is 6.84. The number of hydrogen-bond acceptors (Lipinski definition) is 5. The maximum Gasteiger partial charge on any atom is 0.335 e. The van der Waals surface area contributed by atoms with Gasteiger partial charge in [0.05, 0.1) is 5.56 Å². The van der Waals surface area contributed by atoms with Crippen LogP contribution < -0.4 is 9.64 Å². The van der Waals surface area contributed by atoms with Gasteiger partial charge in [0.25, 0.3) is 0 Å². The Labute approximate surface area is 215 Å². The van der Waals surface area contributed by atoms with Crippen LogP contribution >= 0.6 is 0 Å². The van der Waals surface area contributed by atoms with Gasteiger partial charge < -0.3 is 19.7 Å². The van der Waals surface area contributed by atoms with Gasteiger partial charge >= 0.3 is 5.97 Å². The first-order valence-electron chi connectivity index (χ1n) is 12.4. The molecular formula is C30H29N3O4. The van der Waals surface area contributed by atoms with Crippen molar-refractivity contribution in [2.45, 2.75) is 38.3 Å². The van der Waals surface area contributed by atoms with Crippen LogP contribution in [0.25, 0.3) is 0 Å². The van der Waals surface area contributed by atoms with Crippen LogP contribution in [0.3, 0.4) is 0 Å². The van der Waals surface area contributed by atoms with Crippen molar-refractivity contribution in [1.82, 2.24) is 9.97 Å². The lowest BCUT2D eigenvalue weighted by atomic mass is 9.86. The number of carbonyl (C=O) groups excluding carboxylic acids is 1. The van der Waals surface area contributed by atoms with Crippen molar-refractivity contribution < 1.29 is 19.4 Å². The molecule has 0 radical (unpaired) electrons. The van der Waals surface area contributed by atoms with E-state index < -0.39 is 5.97 Å². The minimum absolute atomic E-state index is 0.165. The number of aromatic carboxylic acids is 1.